The lowest BCUT2D eigenvalue weighted by Gasteiger charge is -2.12. The molecule has 0 aromatic heterocycles. The zero-order valence-electron chi connectivity index (χ0n) is 9.40. The van der Waals surface area contributed by atoms with E-state index in [0.717, 1.165) is 6.07 Å². The Balaban J connectivity index is 3.08. The van der Waals surface area contributed by atoms with Crippen LogP contribution >= 0.6 is 0 Å². The molecule has 0 bridgehead atoms. The van der Waals surface area contributed by atoms with Crippen LogP contribution in [0.5, 0.6) is 0 Å². The molecule has 0 saturated carbocycles. The Morgan fingerprint density at radius 3 is 2.59 bits per heavy atom. The van der Waals surface area contributed by atoms with Gasteiger partial charge in [-0.25, -0.2) is 8.78 Å². The molecule has 94 valence electrons. The highest BCUT2D eigenvalue weighted by Gasteiger charge is 2.18. The first kappa shape index (κ1) is 13.5. The molecule has 4 nitrogen and oxygen atoms in total. The fourth-order valence-electron chi connectivity index (χ4n) is 1.51. The van der Waals surface area contributed by atoms with Gasteiger partial charge < -0.3 is 5.73 Å². The molecule has 1 unspecified atom stereocenters. The van der Waals surface area contributed by atoms with Crippen LogP contribution in [-0.2, 0) is 6.42 Å². The van der Waals surface area contributed by atoms with Crippen LogP contribution in [0.15, 0.2) is 18.2 Å². The number of halogens is 2. The second-order valence-corrected chi connectivity index (χ2v) is 3.81. The van der Waals surface area contributed by atoms with Crippen LogP contribution in [0.25, 0.3) is 0 Å². The van der Waals surface area contributed by atoms with Gasteiger partial charge in [-0.1, -0.05) is 13.0 Å². The molecule has 0 aliphatic rings. The zero-order chi connectivity index (χ0) is 13.0. The molecule has 0 fully saturated rings. The number of hydrogen-bond donors (Lipinski definition) is 1. The molecule has 0 spiro atoms. The van der Waals surface area contributed by atoms with Crippen LogP contribution in [0.2, 0.25) is 0 Å². The Bertz CT molecular complexity index is 410. The Hall–Kier alpha value is -1.56. The number of nitro groups is 1. The van der Waals surface area contributed by atoms with Gasteiger partial charge in [0.05, 0.1) is 4.92 Å². The first-order valence-corrected chi connectivity index (χ1v) is 5.26. The monoisotopic (exact) mass is 244 g/mol. The summed E-state index contributed by atoms with van der Waals surface area (Å²) in [6.07, 6.45) is -1.76. The Morgan fingerprint density at radius 1 is 1.47 bits per heavy atom. The summed E-state index contributed by atoms with van der Waals surface area (Å²) in [6, 6.07) is 3.29. The number of nitro benzene ring substituents is 1. The van der Waals surface area contributed by atoms with Gasteiger partial charge in [-0.2, -0.15) is 0 Å². The van der Waals surface area contributed by atoms with E-state index in [1.165, 1.54) is 12.1 Å². The van der Waals surface area contributed by atoms with Crippen molar-refractivity contribution in [1.82, 2.24) is 0 Å². The van der Waals surface area contributed by atoms with Crippen molar-refractivity contribution in [3.05, 3.63) is 39.4 Å². The van der Waals surface area contributed by atoms with Crippen LogP contribution in [0.1, 0.15) is 30.9 Å². The Labute approximate surface area is 97.6 Å². The van der Waals surface area contributed by atoms with E-state index in [1.54, 1.807) is 0 Å². The van der Waals surface area contributed by atoms with Gasteiger partial charge in [0.25, 0.3) is 12.1 Å². The largest absolute Gasteiger partial charge is 0.327 e. The maximum absolute atomic E-state index is 12.8. The van der Waals surface area contributed by atoms with Crippen LogP contribution in [0, 0.1) is 10.1 Å². The van der Waals surface area contributed by atoms with Gasteiger partial charge in [0, 0.05) is 23.7 Å². The van der Waals surface area contributed by atoms with Crippen molar-refractivity contribution >= 4 is 5.69 Å². The van der Waals surface area contributed by atoms with Crippen molar-refractivity contribution in [3.63, 3.8) is 0 Å². The molecule has 0 aliphatic carbocycles. The lowest BCUT2D eigenvalue weighted by atomic mass is 9.99. The van der Waals surface area contributed by atoms with E-state index in [1.807, 2.05) is 6.92 Å². The van der Waals surface area contributed by atoms with Crippen molar-refractivity contribution < 1.29 is 13.7 Å². The van der Waals surface area contributed by atoms with Crippen molar-refractivity contribution in [2.45, 2.75) is 32.2 Å². The molecule has 1 atom stereocenters. The van der Waals surface area contributed by atoms with Crippen LogP contribution in [0.4, 0.5) is 14.5 Å². The molecular weight excluding hydrogens is 230 g/mol. The molecule has 1 rings (SSSR count). The molecule has 2 N–H and O–H groups in total. The molecule has 0 heterocycles. The van der Waals surface area contributed by atoms with E-state index >= 15 is 0 Å². The highest BCUT2D eigenvalue weighted by Crippen LogP contribution is 2.28. The summed E-state index contributed by atoms with van der Waals surface area (Å²) in [7, 11) is 0. The zero-order valence-corrected chi connectivity index (χ0v) is 9.40. The predicted octanol–water partition coefficient (Wildman–Crippen LogP) is 2.81. The topological polar surface area (TPSA) is 69.2 Å². The number of hydrogen-bond acceptors (Lipinski definition) is 3. The van der Waals surface area contributed by atoms with Crippen LogP contribution < -0.4 is 5.73 Å². The third-order valence-electron chi connectivity index (χ3n) is 2.58. The molecule has 0 aliphatic heterocycles. The number of rotatable bonds is 5. The Kier molecular flexibility index (Phi) is 4.51. The second kappa shape index (κ2) is 5.67. The van der Waals surface area contributed by atoms with Gasteiger partial charge in [-0.3, -0.25) is 10.1 Å². The van der Waals surface area contributed by atoms with Crippen molar-refractivity contribution in [3.8, 4) is 0 Å². The van der Waals surface area contributed by atoms with E-state index in [9.17, 15) is 18.9 Å². The molecule has 6 heteroatoms. The molecular formula is C11H14F2N2O2. The van der Waals surface area contributed by atoms with Gasteiger partial charge in [0.1, 0.15) is 0 Å². The van der Waals surface area contributed by atoms with Crippen LogP contribution in [0.3, 0.4) is 0 Å². The quantitative estimate of drug-likeness (QED) is 0.639. The van der Waals surface area contributed by atoms with E-state index in [0.29, 0.717) is 18.4 Å². The first-order valence-electron chi connectivity index (χ1n) is 5.26. The number of alkyl halides is 2. The average molecular weight is 244 g/mol. The van der Waals surface area contributed by atoms with E-state index in [-0.39, 0.29) is 17.3 Å². The highest BCUT2D eigenvalue weighted by molar-refractivity contribution is 5.41. The minimum absolute atomic E-state index is 0.214. The normalized spacial score (nSPS) is 12.8. The molecule has 0 saturated heterocycles. The SMILES string of the molecule is CCC(N)Cc1ccc([N+](=O)[O-])cc1C(F)F. The third kappa shape index (κ3) is 3.45. The smallest absolute Gasteiger partial charge is 0.269 e. The molecule has 17 heavy (non-hydrogen) atoms. The van der Waals surface area contributed by atoms with Gasteiger partial charge in [0.2, 0.25) is 0 Å². The summed E-state index contributed by atoms with van der Waals surface area (Å²) in [5, 5.41) is 10.5. The number of non-ortho nitro benzene ring substituents is 1. The fourth-order valence-corrected chi connectivity index (χ4v) is 1.51. The number of nitrogens with two attached hydrogens (primary N) is 1. The summed E-state index contributed by atoms with van der Waals surface area (Å²) < 4.78 is 25.5. The molecule has 1 aromatic carbocycles. The predicted molar refractivity (Wildman–Crippen MR) is 60.0 cm³/mol. The van der Waals surface area contributed by atoms with Gasteiger partial charge in [0.15, 0.2) is 0 Å². The standard InChI is InChI=1S/C11H14F2N2O2/c1-2-8(14)5-7-3-4-9(15(16)17)6-10(7)11(12)13/h3-4,6,8,11H,2,5,14H2,1H3. The summed E-state index contributed by atoms with van der Waals surface area (Å²) in [5.41, 5.74) is 5.44. The lowest BCUT2D eigenvalue weighted by molar-refractivity contribution is -0.385. The van der Waals surface area contributed by atoms with Crippen molar-refractivity contribution in [2.24, 2.45) is 5.73 Å². The van der Waals surface area contributed by atoms with Crippen molar-refractivity contribution in [1.29, 1.82) is 0 Å². The molecule has 0 amide bonds. The second-order valence-electron chi connectivity index (χ2n) is 3.81. The highest BCUT2D eigenvalue weighted by atomic mass is 19.3. The summed E-state index contributed by atoms with van der Waals surface area (Å²) >= 11 is 0. The minimum atomic E-state index is -2.73. The summed E-state index contributed by atoms with van der Waals surface area (Å²) in [5.74, 6) is 0. The summed E-state index contributed by atoms with van der Waals surface area (Å²) in [4.78, 5) is 9.82. The average Bonchev–Trinajstić information content (AvgIpc) is 2.28. The van der Waals surface area contributed by atoms with Crippen molar-refractivity contribution in [2.75, 3.05) is 0 Å². The third-order valence-corrected chi connectivity index (χ3v) is 2.58. The first-order chi connectivity index (χ1) is 7.95. The maximum Gasteiger partial charge on any atom is 0.269 e. The van der Waals surface area contributed by atoms with E-state index in [4.69, 9.17) is 5.73 Å². The van der Waals surface area contributed by atoms with Gasteiger partial charge in [-0.15, -0.1) is 0 Å². The van der Waals surface area contributed by atoms with E-state index in [2.05, 4.69) is 0 Å². The van der Waals surface area contributed by atoms with Gasteiger partial charge >= 0.3 is 0 Å². The lowest BCUT2D eigenvalue weighted by Crippen LogP contribution is -2.22. The van der Waals surface area contributed by atoms with Gasteiger partial charge in [-0.05, 0) is 18.4 Å². The van der Waals surface area contributed by atoms with E-state index < -0.39 is 11.3 Å². The molecule has 0 radical (unpaired) electrons. The number of benzene rings is 1. The molecule has 1 aromatic rings. The summed E-state index contributed by atoms with van der Waals surface area (Å²) in [6.45, 7) is 1.86. The fraction of sp³-hybridized carbons (Fsp3) is 0.455. The van der Waals surface area contributed by atoms with Crippen LogP contribution in [-0.4, -0.2) is 11.0 Å². The maximum atomic E-state index is 12.8. The Morgan fingerprint density at radius 2 is 2.12 bits per heavy atom. The minimum Gasteiger partial charge on any atom is -0.327 e. The number of nitrogens with zero attached hydrogens (tertiary/aromatic N) is 1.